The van der Waals surface area contributed by atoms with Gasteiger partial charge in [-0.1, -0.05) is 12.8 Å². The maximum Gasteiger partial charge on any atom is 2.00 e. The Morgan fingerprint density at radius 3 is 1.50 bits per heavy atom. The van der Waals surface area contributed by atoms with Crippen LogP contribution in [0.15, 0.2) is 0 Å². The van der Waals surface area contributed by atoms with Crippen LogP contribution >= 0.6 is 0 Å². The van der Waals surface area contributed by atoms with E-state index in [1.165, 1.54) is 0 Å². The van der Waals surface area contributed by atoms with E-state index in [2.05, 4.69) is 20.8 Å². The summed E-state index contributed by atoms with van der Waals surface area (Å²) >= 11 is 0. The summed E-state index contributed by atoms with van der Waals surface area (Å²) in [6.45, 7) is 9.59. The largest absolute Gasteiger partial charge is 2.00 e. The fourth-order valence-electron chi connectivity index (χ4n) is 0.144. The first-order valence-electron chi connectivity index (χ1n) is 2.39. The van der Waals surface area contributed by atoms with Crippen LogP contribution in [0.25, 0.3) is 0 Å². The molecule has 0 atom stereocenters. The molecule has 0 aromatic rings. The molecule has 0 bridgehead atoms. The number of hydrogen-bond acceptors (Lipinski definition) is 0. The molecule has 0 radical (unpaired) electrons. The van der Waals surface area contributed by atoms with E-state index in [0.29, 0.717) is 5.92 Å². The molecule has 0 unspecified atom stereocenters. The third-order valence-electron chi connectivity index (χ3n) is 0.986. The van der Waals surface area contributed by atoms with Crippen LogP contribution in [0.3, 0.4) is 0 Å². The van der Waals surface area contributed by atoms with Gasteiger partial charge in [-0.05, 0) is 0 Å². The molecule has 0 N–H and O–H groups in total. The van der Waals surface area contributed by atoms with Crippen LogP contribution in [0.1, 0.15) is 19.8 Å². The second kappa shape index (κ2) is 11.2. The molecule has 0 saturated heterocycles. The maximum atomic E-state index is 3.72. The zero-order chi connectivity index (χ0) is 4.99. The van der Waals surface area contributed by atoms with Gasteiger partial charge in [0.1, 0.15) is 0 Å². The van der Waals surface area contributed by atoms with Gasteiger partial charge in [0, 0.05) is 21.1 Å². The van der Waals surface area contributed by atoms with Crippen LogP contribution in [-0.4, -0.2) is 0 Å². The summed E-state index contributed by atoms with van der Waals surface area (Å²) in [6.07, 6.45) is 2.03. The predicted octanol–water partition coefficient (Wildman–Crippen LogP) is 2.07. The molecule has 0 rings (SSSR count). The number of hydrogen-bond donors (Lipinski definition) is 0. The van der Waals surface area contributed by atoms with Crippen LogP contribution in [0, 0.1) is 19.8 Å². The van der Waals surface area contributed by atoms with Crippen molar-refractivity contribution in [2.24, 2.45) is 5.92 Å². The van der Waals surface area contributed by atoms with Crippen molar-refractivity contribution in [2.45, 2.75) is 19.8 Å². The molecular formula is C6H12W2. The Hall–Kier alpha value is 1.38. The molecule has 0 amide bonds. The van der Waals surface area contributed by atoms with Gasteiger partial charge in [0.2, 0.25) is 0 Å². The van der Waals surface area contributed by atoms with Crippen molar-refractivity contribution in [3.63, 3.8) is 0 Å². The van der Waals surface area contributed by atoms with Crippen molar-refractivity contribution >= 4 is 0 Å². The van der Waals surface area contributed by atoms with E-state index in [-0.39, 0.29) is 42.1 Å². The molecule has 0 aromatic carbocycles. The summed E-state index contributed by atoms with van der Waals surface area (Å²) in [4.78, 5) is 0. The molecule has 0 aliphatic carbocycles. The van der Waals surface area contributed by atoms with Crippen molar-refractivity contribution in [2.75, 3.05) is 0 Å². The fourth-order valence-corrected chi connectivity index (χ4v) is 0.144. The van der Waals surface area contributed by atoms with E-state index in [1.807, 2.05) is 0 Å². The van der Waals surface area contributed by atoms with Crippen molar-refractivity contribution in [1.82, 2.24) is 0 Å². The van der Waals surface area contributed by atoms with Crippen LogP contribution in [0.2, 0.25) is 0 Å². The average Bonchev–Trinajstić information content (AvgIpc) is 1.65. The van der Waals surface area contributed by atoms with Gasteiger partial charge in [-0.25, -0.2) is 0 Å². The third kappa shape index (κ3) is 10.4. The molecule has 0 fully saturated rings. The molecule has 0 heterocycles. The summed E-state index contributed by atoms with van der Waals surface area (Å²) in [5, 5.41) is 0. The molecule has 0 aliphatic rings. The first kappa shape index (κ1) is 16.2. The molecule has 48 valence electrons. The summed E-state index contributed by atoms with van der Waals surface area (Å²) < 4.78 is 0. The van der Waals surface area contributed by atoms with Crippen LogP contribution in [0.5, 0.6) is 0 Å². The van der Waals surface area contributed by atoms with E-state index in [9.17, 15) is 0 Å². The molecule has 0 nitrogen and oxygen atoms in total. The van der Waals surface area contributed by atoms with E-state index in [0.717, 1.165) is 12.8 Å². The van der Waals surface area contributed by atoms with E-state index >= 15 is 0 Å². The average molecular weight is 452 g/mol. The monoisotopic (exact) mass is 452 g/mol. The minimum atomic E-state index is 0. The quantitative estimate of drug-likeness (QED) is 0.564. The Balaban J connectivity index is -0.000000125. The van der Waals surface area contributed by atoms with Crippen molar-refractivity contribution in [3.05, 3.63) is 13.8 Å². The van der Waals surface area contributed by atoms with Crippen molar-refractivity contribution in [1.29, 1.82) is 0 Å². The normalized spacial score (nSPS) is 7.50. The zero-order valence-electron chi connectivity index (χ0n) is 5.22. The van der Waals surface area contributed by atoms with Gasteiger partial charge < -0.3 is 13.8 Å². The third-order valence-corrected chi connectivity index (χ3v) is 0.986. The van der Waals surface area contributed by atoms with Gasteiger partial charge in [0.25, 0.3) is 0 Å². The summed E-state index contributed by atoms with van der Waals surface area (Å²) in [6, 6.07) is 0. The summed E-state index contributed by atoms with van der Waals surface area (Å²) in [7, 11) is 0. The zero-order valence-corrected chi connectivity index (χ0v) is 11.1. The maximum absolute atomic E-state index is 3.72. The Labute approximate surface area is 81.3 Å². The van der Waals surface area contributed by atoms with Crippen LogP contribution < -0.4 is 0 Å². The van der Waals surface area contributed by atoms with Gasteiger partial charge in [0.05, 0.1) is 0 Å². The first-order valence-corrected chi connectivity index (χ1v) is 2.39. The predicted molar refractivity (Wildman–Crippen MR) is 29.1 cm³/mol. The summed E-state index contributed by atoms with van der Waals surface area (Å²) in [5.74, 6) is 0.713. The Morgan fingerprint density at radius 2 is 1.50 bits per heavy atom. The topological polar surface area (TPSA) is 0 Å². The molecule has 2 heteroatoms. The smallest absolute Gasteiger partial charge is 0.343 e. The number of rotatable bonds is 2. The van der Waals surface area contributed by atoms with E-state index in [4.69, 9.17) is 0 Å². The first-order chi connectivity index (χ1) is 2.81. The van der Waals surface area contributed by atoms with Gasteiger partial charge in [-0.2, -0.15) is 12.8 Å². The molecule has 0 spiro atoms. The Kier molecular flexibility index (Phi) is 22.7. The van der Waals surface area contributed by atoms with Crippen molar-refractivity contribution < 1.29 is 42.1 Å². The fraction of sp³-hybridized carbons (Fsp3) is 0.667. The van der Waals surface area contributed by atoms with Gasteiger partial charge in [0.15, 0.2) is 0 Å². The molecule has 0 saturated carbocycles. The van der Waals surface area contributed by atoms with Crippen molar-refractivity contribution in [3.8, 4) is 0 Å². The second-order valence-corrected chi connectivity index (χ2v) is 1.68. The summed E-state index contributed by atoms with van der Waals surface area (Å²) in [5.41, 5.74) is 0. The minimum Gasteiger partial charge on any atom is -0.343 e. The standard InChI is InChI=1S/C6H12.2W/c1-4-6(3)5-2;;/h6H,1-2,4-5H2,3H3;;/q-2;;+2. The van der Waals surface area contributed by atoms with Crippen LogP contribution in [0.4, 0.5) is 0 Å². The van der Waals surface area contributed by atoms with Gasteiger partial charge in [-0.3, -0.25) is 0 Å². The molecule has 0 aromatic heterocycles. The minimum absolute atomic E-state index is 0. The SMILES string of the molecule is [CH2-]CC(C)C[CH2-].[W+2].[W]. The molecule has 0 aliphatic heterocycles. The van der Waals surface area contributed by atoms with Gasteiger partial charge in [-0.15, -0.1) is 0 Å². The second-order valence-electron chi connectivity index (χ2n) is 1.68. The molecule has 8 heavy (non-hydrogen) atoms. The Bertz CT molecular complexity index is 25.7. The molecular weight excluding hydrogens is 440 g/mol. The Morgan fingerprint density at radius 1 is 1.25 bits per heavy atom. The van der Waals surface area contributed by atoms with E-state index < -0.39 is 0 Å². The van der Waals surface area contributed by atoms with Gasteiger partial charge >= 0.3 is 21.1 Å². The van der Waals surface area contributed by atoms with E-state index in [1.54, 1.807) is 0 Å². The van der Waals surface area contributed by atoms with Crippen LogP contribution in [-0.2, 0) is 42.1 Å².